The van der Waals surface area contributed by atoms with Crippen LogP contribution in [0.15, 0.2) is 24.3 Å². The molecule has 3 amide bonds. The van der Waals surface area contributed by atoms with E-state index in [1.807, 2.05) is 27.7 Å². The molecule has 0 saturated carbocycles. The minimum absolute atomic E-state index is 0.00605. The van der Waals surface area contributed by atoms with E-state index >= 15 is 0 Å². The third kappa shape index (κ3) is 4.53. The van der Waals surface area contributed by atoms with Crippen molar-refractivity contribution in [3.05, 3.63) is 29.8 Å². The first-order valence-electron chi connectivity index (χ1n) is 9.12. The van der Waals surface area contributed by atoms with E-state index in [2.05, 4.69) is 0 Å². The van der Waals surface area contributed by atoms with Crippen LogP contribution in [0.5, 0.6) is 0 Å². The molecule has 0 aliphatic carbocycles. The molecule has 1 saturated heterocycles. The van der Waals surface area contributed by atoms with Gasteiger partial charge in [-0.3, -0.25) is 19.3 Å². The topological polar surface area (TPSA) is 84.0 Å². The van der Waals surface area contributed by atoms with Gasteiger partial charge in [0.1, 0.15) is 0 Å². The molecule has 1 heterocycles. The lowest BCUT2D eigenvalue weighted by atomic mass is 10.2. The number of imide groups is 1. The van der Waals surface area contributed by atoms with Crippen molar-refractivity contribution in [3.8, 4) is 0 Å². The second-order valence-electron chi connectivity index (χ2n) is 7.15. The fourth-order valence-corrected chi connectivity index (χ4v) is 3.21. The number of anilines is 1. The van der Waals surface area contributed by atoms with Crippen molar-refractivity contribution in [1.29, 1.82) is 0 Å². The molecule has 0 spiro atoms. The molecule has 1 aromatic rings. The van der Waals surface area contributed by atoms with Gasteiger partial charge in [0.05, 0.1) is 11.3 Å². The minimum atomic E-state index is -0.913. The summed E-state index contributed by atoms with van der Waals surface area (Å²) in [5.74, 6) is -1.39. The Morgan fingerprint density at radius 2 is 1.41 bits per heavy atom. The van der Waals surface area contributed by atoms with Gasteiger partial charge in [-0.2, -0.15) is 0 Å². The second-order valence-corrected chi connectivity index (χ2v) is 7.15. The van der Waals surface area contributed by atoms with E-state index in [0.717, 1.165) is 4.90 Å². The van der Waals surface area contributed by atoms with E-state index < -0.39 is 12.1 Å². The highest BCUT2D eigenvalue weighted by atomic mass is 16.5. The first-order chi connectivity index (χ1) is 12.6. The van der Waals surface area contributed by atoms with Gasteiger partial charge in [-0.05, 0) is 58.9 Å². The predicted molar refractivity (Wildman–Crippen MR) is 100 cm³/mol. The molecule has 0 radical (unpaired) electrons. The molecule has 0 N–H and O–H groups in total. The van der Waals surface area contributed by atoms with E-state index in [9.17, 15) is 19.2 Å². The summed E-state index contributed by atoms with van der Waals surface area (Å²) in [6.07, 6.45) is -0.515. The van der Waals surface area contributed by atoms with Crippen molar-refractivity contribution >= 4 is 29.4 Å². The lowest BCUT2D eigenvalue weighted by Crippen LogP contribution is -2.47. The molecule has 1 atom stereocenters. The van der Waals surface area contributed by atoms with Crippen molar-refractivity contribution in [2.45, 2.75) is 65.6 Å². The molecule has 1 aromatic carbocycles. The summed E-state index contributed by atoms with van der Waals surface area (Å²) >= 11 is 0. The molecule has 7 nitrogen and oxygen atoms in total. The SMILES string of the molecule is CC(C)N(C(=O)[C@H](C)OC(=O)c1ccc(N2C(=O)CCC2=O)cc1)C(C)C. The van der Waals surface area contributed by atoms with Crippen LogP contribution in [0.2, 0.25) is 0 Å². The number of nitrogens with zero attached hydrogens (tertiary/aromatic N) is 2. The standard InChI is InChI=1S/C20H26N2O5/c1-12(2)21(13(3)4)19(25)14(5)27-20(26)15-6-8-16(9-7-15)22-17(23)10-11-18(22)24/h6-9,12-14H,10-11H2,1-5H3/t14-/m0/s1. The highest BCUT2D eigenvalue weighted by Crippen LogP contribution is 2.23. The maximum absolute atomic E-state index is 12.6. The third-order valence-electron chi connectivity index (χ3n) is 4.41. The lowest BCUT2D eigenvalue weighted by Gasteiger charge is -2.32. The third-order valence-corrected chi connectivity index (χ3v) is 4.41. The van der Waals surface area contributed by atoms with Gasteiger partial charge in [0.2, 0.25) is 11.8 Å². The highest BCUT2D eigenvalue weighted by molar-refractivity contribution is 6.19. The maximum Gasteiger partial charge on any atom is 0.338 e. The number of carbonyl (C=O) groups is 4. The molecule has 2 rings (SSSR count). The molecule has 0 bridgehead atoms. The van der Waals surface area contributed by atoms with Crippen molar-refractivity contribution in [2.75, 3.05) is 4.90 Å². The van der Waals surface area contributed by atoms with Crippen LogP contribution in [0.1, 0.15) is 57.8 Å². The Morgan fingerprint density at radius 3 is 1.85 bits per heavy atom. The van der Waals surface area contributed by atoms with Gasteiger partial charge >= 0.3 is 5.97 Å². The van der Waals surface area contributed by atoms with Crippen LogP contribution in [0.3, 0.4) is 0 Å². The molecule has 0 unspecified atom stereocenters. The van der Waals surface area contributed by atoms with Crippen LogP contribution in [0.4, 0.5) is 5.69 Å². The van der Waals surface area contributed by atoms with Gasteiger partial charge in [0.25, 0.3) is 5.91 Å². The molecule has 7 heteroatoms. The Hall–Kier alpha value is -2.70. The van der Waals surface area contributed by atoms with Gasteiger partial charge in [-0.1, -0.05) is 0 Å². The van der Waals surface area contributed by atoms with Gasteiger partial charge in [-0.25, -0.2) is 4.79 Å². The number of amides is 3. The number of hydrogen-bond acceptors (Lipinski definition) is 5. The Kier molecular flexibility index (Phi) is 6.36. The van der Waals surface area contributed by atoms with E-state index in [-0.39, 0.29) is 48.2 Å². The minimum Gasteiger partial charge on any atom is -0.449 e. The van der Waals surface area contributed by atoms with E-state index in [0.29, 0.717) is 5.69 Å². The monoisotopic (exact) mass is 374 g/mol. The molecule has 0 aromatic heterocycles. The molecule has 27 heavy (non-hydrogen) atoms. The molecular formula is C20H26N2O5. The van der Waals surface area contributed by atoms with Crippen LogP contribution >= 0.6 is 0 Å². The Labute approximate surface area is 159 Å². The smallest absolute Gasteiger partial charge is 0.338 e. The molecule has 1 aliphatic heterocycles. The van der Waals surface area contributed by atoms with Crippen molar-refractivity contribution < 1.29 is 23.9 Å². The van der Waals surface area contributed by atoms with Crippen LogP contribution < -0.4 is 4.90 Å². The summed E-state index contributed by atoms with van der Waals surface area (Å²) in [7, 11) is 0. The van der Waals surface area contributed by atoms with Crippen LogP contribution in [-0.4, -0.2) is 46.8 Å². The predicted octanol–water partition coefficient (Wildman–Crippen LogP) is 2.53. The first kappa shape index (κ1) is 20.6. The zero-order valence-electron chi connectivity index (χ0n) is 16.4. The molecule has 1 aliphatic rings. The number of carbonyl (C=O) groups excluding carboxylic acids is 4. The number of esters is 1. The van der Waals surface area contributed by atoms with Gasteiger partial charge in [-0.15, -0.1) is 0 Å². The second kappa shape index (κ2) is 8.33. The fraction of sp³-hybridized carbons (Fsp3) is 0.500. The van der Waals surface area contributed by atoms with Crippen LogP contribution in [0.25, 0.3) is 0 Å². The summed E-state index contributed by atoms with van der Waals surface area (Å²) in [6, 6.07) is 6.01. The highest BCUT2D eigenvalue weighted by Gasteiger charge is 2.31. The molecule has 1 fully saturated rings. The average molecular weight is 374 g/mol. The largest absolute Gasteiger partial charge is 0.449 e. The summed E-state index contributed by atoms with van der Waals surface area (Å²) < 4.78 is 5.31. The zero-order valence-corrected chi connectivity index (χ0v) is 16.4. The fourth-order valence-electron chi connectivity index (χ4n) is 3.21. The van der Waals surface area contributed by atoms with Crippen LogP contribution in [0, 0.1) is 0 Å². The van der Waals surface area contributed by atoms with Gasteiger partial charge < -0.3 is 9.64 Å². The summed E-state index contributed by atoms with van der Waals surface area (Å²) in [5, 5.41) is 0. The van der Waals surface area contributed by atoms with Crippen molar-refractivity contribution in [3.63, 3.8) is 0 Å². The van der Waals surface area contributed by atoms with Crippen molar-refractivity contribution in [1.82, 2.24) is 4.90 Å². The Bertz CT molecular complexity index is 715. The number of ether oxygens (including phenoxy) is 1. The maximum atomic E-state index is 12.6. The van der Waals surface area contributed by atoms with E-state index in [1.54, 1.807) is 11.8 Å². The molecule has 146 valence electrons. The first-order valence-corrected chi connectivity index (χ1v) is 9.12. The van der Waals surface area contributed by atoms with E-state index in [4.69, 9.17) is 4.74 Å². The summed E-state index contributed by atoms with van der Waals surface area (Å²) in [4.78, 5) is 51.2. The molecular weight excluding hydrogens is 348 g/mol. The van der Waals surface area contributed by atoms with Gasteiger partial charge in [0.15, 0.2) is 6.10 Å². The number of rotatable bonds is 6. The summed E-state index contributed by atoms with van der Waals surface area (Å²) in [6.45, 7) is 9.18. The van der Waals surface area contributed by atoms with Crippen LogP contribution in [-0.2, 0) is 19.1 Å². The van der Waals surface area contributed by atoms with E-state index in [1.165, 1.54) is 24.3 Å². The average Bonchev–Trinajstić information content (AvgIpc) is 2.92. The van der Waals surface area contributed by atoms with Crippen molar-refractivity contribution in [2.24, 2.45) is 0 Å². The Morgan fingerprint density at radius 1 is 0.926 bits per heavy atom. The number of benzene rings is 1. The normalized spacial score (nSPS) is 15.4. The number of hydrogen-bond donors (Lipinski definition) is 0. The van der Waals surface area contributed by atoms with Gasteiger partial charge in [0, 0.05) is 24.9 Å². The lowest BCUT2D eigenvalue weighted by molar-refractivity contribution is -0.143. The quantitative estimate of drug-likeness (QED) is 0.564. The summed E-state index contributed by atoms with van der Waals surface area (Å²) in [5.41, 5.74) is 0.673. The zero-order chi connectivity index (χ0) is 20.3. The Balaban J connectivity index is 2.06.